The van der Waals surface area contributed by atoms with Gasteiger partial charge >= 0.3 is 0 Å². The molecule has 0 heterocycles. The minimum Gasteiger partial charge on any atom is -0.490 e. The van der Waals surface area contributed by atoms with Crippen LogP contribution in [-0.2, 0) is 4.74 Å². The fourth-order valence-corrected chi connectivity index (χ4v) is 2.33. The van der Waals surface area contributed by atoms with Gasteiger partial charge in [-0.25, -0.2) is 0 Å². The highest BCUT2D eigenvalue weighted by molar-refractivity contribution is 5.44. The maximum atomic E-state index is 5.71. The van der Waals surface area contributed by atoms with Gasteiger partial charge in [-0.05, 0) is 51.9 Å². The maximum absolute atomic E-state index is 5.71. The smallest absolute Gasteiger partial charge is 0.161 e. The number of ether oxygens (including phenoxy) is 3. The predicted octanol–water partition coefficient (Wildman–Crippen LogP) is 3.56. The van der Waals surface area contributed by atoms with Crippen LogP contribution in [0.15, 0.2) is 18.2 Å². The fourth-order valence-electron chi connectivity index (χ4n) is 2.33. The lowest BCUT2D eigenvalue weighted by molar-refractivity contribution is -0.0107. The van der Waals surface area contributed by atoms with E-state index >= 15 is 0 Å². The summed E-state index contributed by atoms with van der Waals surface area (Å²) in [6.07, 6.45) is 0. The van der Waals surface area contributed by atoms with E-state index in [1.54, 1.807) is 7.11 Å². The van der Waals surface area contributed by atoms with E-state index in [0.29, 0.717) is 13.2 Å². The average Bonchev–Trinajstić information content (AvgIpc) is 2.47. The number of likely N-dealkylation sites (N-methyl/N-ethyl adjacent to an activating group) is 1. The van der Waals surface area contributed by atoms with Gasteiger partial charge in [0.05, 0.1) is 24.9 Å². The van der Waals surface area contributed by atoms with Gasteiger partial charge in [0.25, 0.3) is 0 Å². The first-order valence-electron chi connectivity index (χ1n) is 7.68. The summed E-state index contributed by atoms with van der Waals surface area (Å²) in [5.74, 6) is 1.57. The largest absolute Gasteiger partial charge is 0.490 e. The van der Waals surface area contributed by atoms with Crippen LogP contribution in [0, 0.1) is 0 Å². The molecule has 0 spiro atoms. The normalized spacial score (nSPS) is 13.0. The zero-order chi connectivity index (χ0) is 15.9. The molecule has 1 aromatic rings. The Morgan fingerprint density at radius 1 is 1.05 bits per heavy atom. The molecule has 120 valence electrons. The molecule has 1 N–H and O–H groups in total. The molecule has 0 radical (unpaired) electrons. The second-order valence-electron chi connectivity index (χ2n) is 5.37. The number of rotatable bonds is 9. The average molecular weight is 295 g/mol. The molecule has 1 atom stereocenters. The van der Waals surface area contributed by atoms with Gasteiger partial charge in [-0.3, -0.25) is 0 Å². The SMILES string of the molecule is CCNC(c1ccc(OCC)c(OCC)c1)C(C)(C)OC. The third-order valence-electron chi connectivity index (χ3n) is 3.53. The highest BCUT2D eigenvalue weighted by Gasteiger charge is 2.30. The van der Waals surface area contributed by atoms with Gasteiger partial charge < -0.3 is 19.5 Å². The van der Waals surface area contributed by atoms with Crippen LogP contribution >= 0.6 is 0 Å². The summed E-state index contributed by atoms with van der Waals surface area (Å²) in [6, 6.07) is 6.17. The molecule has 0 bridgehead atoms. The number of methoxy groups -OCH3 is 1. The molecular formula is C17H29NO3. The van der Waals surface area contributed by atoms with Crippen LogP contribution in [-0.4, -0.2) is 32.5 Å². The Kier molecular flexibility index (Phi) is 6.99. The van der Waals surface area contributed by atoms with Crippen LogP contribution < -0.4 is 14.8 Å². The van der Waals surface area contributed by atoms with Crippen molar-refractivity contribution in [3.8, 4) is 11.5 Å². The quantitative estimate of drug-likeness (QED) is 0.756. The second kappa shape index (κ2) is 8.25. The van der Waals surface area contributed by atoms with Gasteiger partial charge in [0.2, 0.25) is 0 Å². The molecule has 0 amide bonds. The molecule has 0 aromatic heterocycles. The van der Waals surface area contributed by atoms with E-state index < -0.39 is 0 Å². The van der Waals surface area contributed by atoms with E-state index in [4.69, 9.17) is 14.2 Å². The van der Waals surface area contributed by atoms with Crippen LogP contribution in [0.2, 0.25) is 0 Å². The minimum absolute atomic E-state index is 0.0855. The summed E-state index contributed by atoms with van der Waals surface area (Å²) in [4.78, 5) is 0. The van der Waals surface area contributed by atoms with Crippen molar-refractivity contribution >= 4 is 0 Å². The topological polar surface area (TPSA) is 39.7 Å². The van der Waals surface area contributed by atoms with Gasteiger partial charge in [0, 0.05) is 7.11 Å². The van der Waals surface area contributed by atoms with Crippen molar-refractivity contribution in [2.24, 2.45) is 0 Å². The predicted molar refractivity (Wildman–Crippen MR) is 86.3 cm³/mol. The fraction of sp³-hybridized carbons (Fsp3) is 0.647. The molecule has 4 heteroatoms. The molecule has 0 aliphatic rings. The molecule has 0 saturated carbocycles. The number of benzene rings is 1. The van der Waals surface area contributed by atoms with E-state index in [0.717, 1.165) is 23.6 Å². The van der Waals surface area contributed by atoms with Crippen LogP contribution in [0.25, 0.3) is 0 Å². The molecule has 0 aliphatic heterocycles. The minimum atomic E-state index is -0.313. The summed E-state index contributed by atoms with van der Waals surface area (Å²) in [6.45, 7) is 12.3. The molecule has 4 nitrogen and oxygen atoms in total. The van der Waals surface area contributed by atoms with Crippen molar-refractivity contribution in [3.05, 3.63) is 23.8 Å². The second-order valence-corrected chi connectivity index (χ2v) is 5.37. The van der Waals surface area contributed by atoms with Gasteiger partial charge in [0.15, 0.2) is 11.5 Å². The summed E-state index contributed by atoms with van der Waals surface area (Å²) in [7, 11) is 1.74. The van der Waals surface area contributed by atoms with Crippen molar-refractivity contribution in [1.29, 1.82) is 0 Å². The Bertz CT molecular complexity index is 432. The molecule has 1 rings (SSSR count). The van der Waals surface area contributed by atoms with E-state index in [9.17, 15) is 0 Å². The third kappa shape index (κ3) is 4.61. The number of hydrogen-bond donors (Lipinski definition) is 1. The van der Waals surface area contributed by atoms with Gasteiger partial charge in [-0.2, -0.15) is 0 Å². The van der Waals surface area contributed by atoms with Crippen molar-refractivity contribution in [3.63, 3.8) is 0 Å². The summed E-state index contributed by atoms with van der Waals surface area (Å²) < 4.78 is 17.0. The lowest BCUT2D eigenvalue weighted by Gasteiger charge is -2.34. The summed E-state index contributed by atoms with van der Waals surface area (Å²) >= 11 is 0. The number of nitrogens with one attached hydrogen (secondary N) is 1. The van der Waals surface area contributed by atoms with E-state index in [2.05, 4.69) is 32.2 Å². The Balaban J connectivity index is 3.17. The zero-order valence-corrected chi connectivity index (χ0v) is 14.2. The summed E-state index contributed by atoms with van der Waals surface area (Å²) in [5.41, 5.74) is 0.822. The highest BCUT2D eigenvalue weighted by atomic mass is 16.5. The first-order valence-corrected chi connectivity index (χ1v) is 7.68. The first-order chi connectivity index (χ1) is 10.00. The van der Waals surface area contributed by atoms with Gasteiger partial charge in [-0.15, -0.1) is 0 Å². The van der Waals surface area contributed by atoms with E-state index in [-0.39, 0.29) is 11.6 Å². The van der Waals surface area contributed by atoms with Gasteiger partial charge in [0.1, 0.15) is 0 Å². The zero-order valence-electron chi connectivity index (χ0n) is 14.2. The first kappa shape index (κ1) is 17.8. The molecule has 0 aliphatic carbocycles. The molecule has 21 heavy (non-hydrogen) atoms. The standard InChI is InChI=1S/C17H29NO3/c1-7-18-16(17(4,5)19-6)13-10-11-14(20-8-2)15(12-13)21-9-3/h10-12,16,18H,7-9H2,1-6H3. The molecular weight excluding hydrogens is 266 g/mol. The Morgan fingerprint density at radius 2 is 1.67 bits per heavy atom. The Labute approximate surface area is 128 Å². The third-order valence-corrected chi connectivity index (χ3v) is 3.53. The van der Waals surface area contributed by atoms with E-state index in [1.165, 1.54) is 0 Å². The monoisotopic (exact) mass is 295 g/mol. The van der Waals surface area contributed by atoms with Crippen LogP contribution in [0.4, 0.5) is 0 Å². The Hall–Kier alpha value is -1.26. The van der Waals surface area contributed by atoms with Crippen molar-refractivity contribution in [2.45, 2.75) is 46.3 Å². The van der Waals surface area contributed by atoms with Gasteiger partial charge in [-0.1, -0.05) is 13.0 Å². The van der Waals surface area contributed by atoms with Crippen molar-refractivity contribution in [1.82, 2.24) is 5.32 Å². The lowest BCUT2D eigenvalue weighted by atomic mass is 9.91. The number of hydrogen-bond acceptors (Lipinski definition) is 4. The molecule has 0 saturated heterocycles. The van der Waals surface area contributed by atoms with Crippen LogP contribution in [0.5, 0.6) is 11.5 Å². The maximum Gasteiger partial charge on any atom is 0.161 e. The van der Waals surface area contributed by atoms with Crippen molar-refractivity contribution in [2.75, 3.05) is 26.9 Å². The highest BCUT2D eigenvalue weighted by Crippen LogP contribution is 2.35. The molecule has 1 aromatic carbocycles. The molecule has 0 fully saturated rings. The Morgan fingerprint density at radius 3 is 2.19 bits per heavy atom. The summed E-state index contributed by atoms with van der Waals surface area (Å²) in [5, 5.41) is 3.49. The molecule has 1 unspecified atom stereocenters. The van der Waals surface area contributed by atoms with Crippen LogP contribution in [0.3, 0.4) is 0 Å². The van der Waals surface area contributed by atoms with Crippen molar-refractivity contribution < 1.29 is 14.2 Å². The van der Waals surface area contributed by atoms with E-state index in [1.807, 2.05) is 26.0 Å². The van der Waals surface area contributed by atoms with Crippen LogP contribution in [0.1, 0.15) is 46.2 Å². The lowest BCUT2D eigenvalue weighted by Crippen LogP contribution is -2.40.